The van der Waals surface area contributed by atoms with Gasteiger partial charge in [-0.1, -0.05) is 18.9 Å². The summed E-state index contributed by atoms with van der Waals surface area (Å²) in [6.45, 7) is 0.754. The molecule has 1 aromatic carbocycles. The Morgan fingerprint density at radius 2 is 2.05 bits per heavy atom. The van der Waals surface area contributed by atoms with E-state index in [-0.39, 0.29) is 11.6 Å². The van der Waals surface area contributed by atoms with Crippen LogP contribution < -0.4 is 5.73 Å². The molecule has 2 aliphatic rings. The van der Waals surface area contributed by atoms with Crippen LogP contribution in [-0.4, -0.2) is 18.2 Å². The lowest BCUT2D eigenvalue weighted by Crippen LogP contribution is -2.44. The molecule has 0 bridgehead atoms. The summed E-state index contributed by atoms with van der Waals surface area (Å²) in [5.41, 5.74) is 6.86. The van der Waals surface area contributed by atoms with Crippen LogP contribution in [0.4, 0.5) is 8.78 Å². The van der Waals surface area contributed by atoms with E-state index >= 15 is 0 Å². The summed E-state index contributed by atoms with van der Waals surface area (Å²) in [5, 5.41) is 0. The molecule has 2 nitrogen and oxygen atoms in total. The zero-order valence-electron chi connectivity index (χ0n) is 12.3. The topological polar surface area (TPSA) is 35.2 Å². The lowest BCUT2D eigenvalue weighted by atomic mass is 9.79. The fourth-order valence-electron chi connectivity index (χ4n) is 3.91. The van der Waals surface area contributed by atoms with Gasteiger partial charge in [-0.05, 0) is 49.7 Å². The first-order chi connectivity index (χ1) is 10.1. The number of rotatable bonds is 3. The fourth-order valence-corrected chi connectivity index (χ4v) is 3.91. The Labute approximate surface area is 124 Å². The van der Waals surface area contributed by atoms with E-state index in [2.05, 4.69) is 0 Å². The number of ether oxygens (including phenoxy) is 1. The van der Waals surface area contributed by atoms with Crippen LogP contribution in [0, 0.1) is 17.6 Å². The lowest BCUT2D eigenvalue weighted by Gasteiger charge is -2.40. The third-order valence-corrected chi connectivity index (χ3v) is 5.12. The third-order valence-electron chi connectivity index (χ3n) is 5.12. The molecule has 3 rings (SSSR count). The normalized spacial score (nSPS) is 26.1. The summed E-state index contributed by atoms with van der Waals surface area (Å²) < 4.78 is 32.7. The fraction of sp³-hybridized carbons (Fsp3) is 0.647. The van der Waals surface area contributed by atoms with Crippen molar-refractivity contribution in [3.63, 3.8) is 0 Å². The van der Waals surface area contributed by atoms with E-state index in [1.165, 1.54) is 25.0 Å². The quantitative estimate of drug-likeness (QED) is 0.925. The van der Waals surface area contributed by atoms with E-state index in [0.29, 0.717) is 17.9 Å². The maximum Gasteiger partial charge on any atom is 0.129 e. The molecular weight excluding hydrogens is 272 g/mol. The molecule has 21 heavy (non-hydrogen) atoms. The van der Waals surface area contributed by atoms with Gasteiger partial charge in [-0.2, -0.15) is 0 Å². The van der Waals surface area contributed by atoms with Crippen molar-refractivity contribution in [2.45, 2.75) is 56.6 Å². The van der Waals surface area contributed by atoms with E-state index in [9.17, 15) is 8.78 Å². The molecule has 1 saturated carbocycles. The van der Waals surface area contributed by atoms with Gasteiger partial charge in [-0.15, -0.1) is 0 Å². The van der Waals surface area contributed by atoms with Crippen LogP contribution in [0.15, 0.2) is 18.2 Å². The molecule has 1 aliphatic carbocycles. The first-order valence-corrected chi connectivity index (χ1v) is 7.91. The van der Waals surface area contributed by atoms with E-state index in [1.807, 2.05) is 0 Å². The first-order valence-electron chi connectivity index (χ1n) is 7.91. The molecule has 0 amide bonds. The van der Waals surface area contributed by atoms with Crippen molar-refractivity contribution >= 4 is 0 Å². The maximum atomic E-state index is 13.8. The first kappa shape index (κ1) is 14.9. The molecule has 116 valence electrons. The minimum atomic E-state index is -0.541. The number of benzene rings is 1. The van der Waals surface area contributed by atoms with E-state index < -0.39 is 11.6 Å². The molecule has 2 N–H and O–H groups in total. The van der Waals surface area contributed by atoms with Crippen LogP contribution in [-0.2, 0) is 11.2 Å². The van der Waals surface area contributed by atoms with Crippen LogP contribution in [0.3, 0.4) is 0 Å². The van der Waals surface area contributed by atoms with Crippen molar-refractivity contribution in [1.82, 2.24) is 0 Å². The molecule has 4 heteroatoms. The molecule has 1 spiro atoms. The van der Waals surface area contributed by atoms with Gasteiger partial charge in [0.25, 0.3) is 0 Å². The zero-order chi connectivity index (χ0) is 14.9. The average molecular weight is 295 g/mol. The maximum absolute atomic E-state index is 13.8. The molecule has 1 saturated heterocycles. The van der Waals surface area contributed by atoms with Crippen molar-refractivity contribution in [1.29, 1.82) is 0 Å². The Kier molecular flexibility index (Phi) is 4.27. The molecule has 1 heterocycles. The number of hydrogen-bond donors (Lipinski definition) is 1. The second-order valence-electron chi connectivity index (χ2n) is 6.60. The van der Waals surface area contributed by atoms with Crippen LogP contribution >= 0.6 is 0 Å². The van der Waals surface area contributed by atoms with Crippen LogP contribution in [0.1, 0.15) is 44.1 Å². The second kappa shape index (κ2) is 6.01. The van der Waals surface area contributed by atoms with Gasteiger partial charge in [-0.25, -0.2) is 8.78 Å². The van der Waals surface area contributed by atoms with Gasteiger partial charge in [0.1, 0.15) is 11.6 Å². The molecule has 0 radical (unpaired) electrons. The summed E-state index contributed by atoms with van der Waals surface area (Å²) in [4.78, 5) is 0. The highest BCUT2D eigenvalue weighted by Crippen LogP contribution is 2.42. The van der Waals surface area contributed by atoms with Crippen molar-refractivity contribution in [3.8, 4) is 0 Å². The molecule has 2 unspecified atom stereocenters. The van der Waals surface area contributed by atoms with Gasteiger partial charge in [0.05, 0.1) is 5.60 Å². The van der Waals surface area contributed by atoms with Crippen LogP contribution in [0.5, 0.6) is 0 Å². The molecule has 2 atom stereocenters. The van der Waals surface area contributed by atoms with Gasteiger partial charge in [0.15, 0.2) is 0 Å². The van der Waals surface area contributed by atoms with E-state index in [1.54, 1.807) is 0 Å². The molecule has 1 aromatic rings. The summed E-state index contributed by atoms with van der Waals surface area (Å²) in [6, 6.07) is 3.65. The van der Waals surface area contributed by atoms with Crippen molar-refractivity contribution in [2.75, 3.05) is 6.61 Å². The minimum Gasteiger partial charge on any atom is -0.375 e. The monoisotopic (exact) mass is 295 g/mol. The highest BCUT2D eigenvalue weighted by molar-refractivity contribution is 5.20. The Morgan fingerprint density at radius 1 is 1.29 bits per heavy atom. The van der Waals surface area contributed by atoms with Gasteiger partial charge in [-0.3, -0.25) is 0 Å². The minimum absolute atomic E-state index is 0.0296. The Bertz CT molecular complexity index is 500. The Hall–Kier alpha value is -1.00. The van der Waals surface area contributed by atoms with Gasteiger partial charge in [0, 0.05) is 18.7 Å². The van der Waals surface area contributed by atoms with Crippen molar-refractivity contribution in [2.24, 2.45) is 11.7 Å². The Balaban J connectivity index is 1.65. The summed E-state index contributed by atoms with van der Waals surface area (Å²) in [7, 11) is 0. The highest BCUT2D eigenvalue weighted by Gasteiger charge is 2.41. The summed E-state index contributed by atoms with van der Waals surface area (Å²) in [5.74, 6) is -0.671. The van der Waals surface area contributed by atoms with Gasteiger partial charge < -0.3 is 10.5 Å². The SMILES string of the molecule is NC(Cc1ccc(F)cc1F)C1CCOC2(CCCC2)C1. The largest absolute Gasteiger partial charge is 0.375 e. The molecule has 1 aliphatic heterocycles. The summed E-state index contributed by atoms with van der Waals surface area (Å²) in [6.07, 6.45) is 7.10. The Morgan fingerprint density at radius 3 is 2.76 bits per heavy atom. The predicted octanol–water partition coefficient (Wildman–Crippen LogP) is 3.57. The van der Waals surface area contributed by atoms with Gasteiger partial charge in [0.2, 0.25) is 0 Å². The standard InChI is InChI=1S/C17H23F2NO/c18-14-4-3-12(15(19)10-14)9-16(20)13-5-8-21-17(11-13)6-1-2-7-17/h3-4,10,13,16H,1-2,5-9,11,20H2. The number of nitrogens with two attached hydrogens (primary N) is 1. The third kappa shape index (κ3) is 3.27. The lowest BCUT2D eigenvalue weighted by molar-refractivity contribution is -0.0961. The smallest absolute Gasteiger partial charge is 0.129 e. The number of hydrogen-bond acceptors (Lipinski definition) is 2. The van der Waals surface area contributed by atoms with Crippen molar-refractivity contribution < 1.29 is 13.5 Å². The highest BCUT2D eigenvalue weighted by atomic mass is 19.1. The molecule has 2 fully saturated rings. The zero-order valence-corrected chi connectivity index (χ0v) is 12.3. The van der Waals surface area contributed by atoms with Gasteiger partial charge >= 0.3 is 0 Å². The van der Waals surface area contributed by atoms with Crippen LogP contribution in [0.25, 0.3) is 0 Å². The average Bonchev–Trinajstić information content (AvgIpc) is 2.90. The molecular formula is C17H23F2NO. The molecule has 0 aromatic heterocycles. The predicted molar refractivity (Wildman–Crippen MR) is 77.9 cm³/mol. The van der Waals surface area contributed by atoms with Crippen LogP contribution in [0.2, 0.25) is 0 Å². The number of halogens is 2. The summed E-state index contributed by atoms with van der Waals surface area (Å²) >= 11 is 0. The van der Waals surface area contributed by atoms with E-state index in [4.69, 9.17) is 10.5 Å². The van der Waals surface area contributed by atoms with Crippen molar-refractivity contribution in [3.05, 3.63) is 35.4 Å². The van der Waals surface area contributed by atoms with E-state index in [0.717, 1.165) is 38.4 Å². The second-order valence-corrected chi connectivity index (χ2v) is 6.60.